The van der Waals surface area contributed by atoms with Crippen LogP contribution in [0.25, 0.3) is 21.6 Å². The molecule has 0 N–H and O–H groups in total. The molecular weight excluding hydrogens is 378 g/mol. The van der Waals surface area contributed by atoms with Crippen LogP contribution in [0.1, 0.15) is 53.8 Å². The minimum absolute atomic E-state index is 0.261. The Hall–Kier alpha value is -2.46. The van der Waals surface area contributed by atoms with Gasteiger partial charge in [-0.2, -0.15) is 0 Å². The monoisotopic (exact) mass is 406 g/mol. The number of pyridine rings is 1. The zero-order valence-electron chi connectivity index (χ0n) is 17.4. The fourth-order valence-corrected chi connectivity index (χ4v) is 5.44. The molecule has 0 bridgehead atoms. The van der Waals surface area contributed by atoms with Crippen LogP contribution in [0, 0.1) is 5.92 Å². The molecule has 0 spiro atoms. The smallest absolute Gasteiger partial charge is 0.348 e. The van der Waals surface area contributed by atoms with E-state index in [0.29, 0.717) is 10.8 Å². The summed E-state index contributed by atoms with van der Waals surface area (Å²) in [5, 5.41) is 0. The molecule has 3 aromatic rings. The van der Waals surface area contributed by atoms with Gasteiger partial charge in [0.1, 0.15) is 11.9 Å². The van der Waals surface area contributed by atoms with Crippen molar-refractivity contribution in [3.8, 4) is 21.6 Å². The van der Waals surface area contributed by atoms with Crippen molar-refractivity contribution in [1.82, 2.24) is 0 Å². The number of ether oxygens (including phenoxy) is 1. The maximum absolute atomic E-state index is 12.6. The molecule has 4 heteroatoms. The standard InChI is InChI=1S/C25H28NO2S/c1-17-9-11-18(12-10-17)22-16-26(2)14-13-20(22)21-15-23(19-7-5-4-6-8-19)29-24(21)25(27)28-3/h4-8,13-18H,9-12H2,1-3H3/q+1. The number of carbonyl (C=O) groups is 1. The van der Waals surface area contributed by atoms with Crippen molar-refractivity contribution in [2.75, 3.05) is 7.11 Å². The number of hydrogen-bond donors (Lipinski definition) is 0. The summed E-state index contributed by atoms with van der Waals surface area (Å²) in [5.74, 6) is 1.09. The minimum Gasteiger partial charge on any atom is -0.465 e. The van der Waals surface area contributed by atoms with E-state index in [1.54, 1.807) is 0 Å². The van der Waals surface area contributed by atoms with Crippen molar-refractivity contribution in [2.45, 2.75) is 38.5 Å². The Morgan fingerprint density at radius 3 is 2.48 bits per heavy atom. The van der Waals surface area contributed by atoms with Crippen LogP contribution in [0.2, 0.25) is 0 Å². The third-order valence-electron chi connectivity index (χ3n) is 6.04. The largest absolute Gasteiger partial charge is 0.465 e. The number of rotatable bonds is 4. The van der Waals surface area contributed by atoms with E-state index in [9.17, 15) is 4.79 Å². The maximum atomic E-state index is 12.6. The Morgan fingerprint density at radius 1 is 1.07 bits per heavy atom. The Kier molecular flexibility index (Phi) is 5.81. The van der Waals surface area contributed by atoms with Crippen molar-refractivity contribution >= 4 is 17.3 Å². The number of carbonyl (C=O) groups excluding carboxylic acids is 1. The van der Waals surface area contributed by atoms with E-state index in [1.165, 1.54) is 55.3 Å². The summed E-state index contributed by atoms with van der Waals surface area (Å²) >= 11 is 1.52. The van der Waals surface area contributed by atoms with Crippen LogP contribution in [-0.4, -0.2) is 13.1 Å². The normalized spacial score (nSPS) is 19.1. The van der Waals surface area contributed by atoms with Gasteiger partial charge < -0.3 is 4.74 Å². The first-order valence-electron chi connectivity index (χ1n) is 10.3. The number of aromatic nitrogens is 1. The van der Waals surface area contributed by atoms with Crippen LogP contribution < -0.4 is 4.57 Å². The zero-order chi connectivity index (χ0) is 20.4. The van der Waals surface area contributed by atoms with E-state index in [4.69, 9.17) is 4.74 Å². The van der Waals surface area contributed by atoms with E-state index in [1.807, 2.05) is 18.2 Å². The van der Waals surface area contributed by atoms with Crippen molar-refractivity contribution in [3.05, 3.63) is 65.3 Å². The average Bonchev–Trinajstić information content (AvgIpc) is 3.19. The summed E-state index contributed by atoms with van der Waals surface area (Å²) < 4.78 is 7.26. The molecule has 0 unspecified atom stereocenters. The lowest BCUT2D eigenvalue weighted by molar-refractivity contribution is -0.671. The summed E-state index contributed by atoms with van der Waals surface area (Å²) in [4.78, 5) is 14.4. The Bertz CT molecular complexity index is 1000. The van der Waals surface area contributed by atoms with E-state index in [-0.39, 0.29) is 5.97 Å². The summed E-state index contributed by atoms with van der Waals surface area (Å²) in [6.07, 6.45) is 9.28. The second-order valence-electron chi connectivity index (χ2n) is 8.15. The summed E-state index contributed by atoms with van der Waals surface area (Å²) in [6.45, 7) is 2.35. The highest BCUT2D eigenvalue weighted by atomic mass is 32.1. The second-order valence-corrected chi connectivity index (χ2v) is 9.20. The number of nitrogens with zero attached hydrogens (tertiary/aromatic N) is 1. The van der Waals surface area contributed by atoms with Gasteiger partial charge in [-0.25, -0.2) is 9.36 Å². The third kappa shape index (κ3) is 4.13. The quantitative estimate of drug-likeness (QED) is 0.394. The van der Waals surface area contributed by atoms with Gasteiger partial charge in [-0.3, -0.25) is 0 Å². The fourth-order valence-electron chi connectivity index (χ4n) is 4.34. The lowest BCUT2D eigenvalue weighted by Gasteiger charge is -2.27. The number of methoxy groups -OCH3 is 1. The molecule has 0 atom stereocenters. The lowest BCUT2D eigenvalue weighted by atomic mass is 9.78. The maximum Gasteiger partial charge on any atom is 0.348 e. The molecule has 2 heterocycles. The molecule has 0 aliphatic heterocycles. The molecule has 2 aromatic heterocycles. The van der Waals surface area contributed by atoms with Gasteiger partial charge in [0.25, 0.3) is 0 Å². The molecule has 1 fully saturated rings. The van der Waals surface area contributed by atoms with Crippen molar-refractivity contribution in [3.63, 3.8) is 0 Å². The van der Waals surface area contributed by atoms with Gasteiger partial charge in [0.05, 0.1) is 7.11 Å². The predicted molar refractivity (Wildman–Crippen MR) is 118 cm³/mol. The molecule has 29 heavy (non-hydrogen) atoms. The van der Waals surface area contributed by atoms with Gasteiger partial charge in [-0.15, -0.1) is 11.3 Å². The first-order valence-corrected chi connectivity index (χ1v) is 11.2. The molecule has 1 aromatic carbocycles. The van der Waals surface area contributed by atoms with Gasteiger partial charge >= 0.3 is 5.97 Å². The lowest BCUT2D eigenvalue weighted by Crippen LogP contribution is -2.28. The van der Waals surface area contributed by atoms with E-state index >= 15 is 0 Å². The summed E-state index contributed by atoms with van der Waals surface area (Å²) in [7, 11) is 3.53. The van der Waals surface area contributed by atoms with Gasteiger partial charge in [-0.05, 0) is 41.9 Å². The third-order valence-corrected chi connectivity index (χ3v) is 7.20. The van der Waals surface area contributed by atoms with E-state index < -0.39 is 0 Å². The average molecular weight is 407 g/mol. The molecule has 0 saturated heterocycles. The highest BCUT2D eigenvalue weighted by molar-refractivity contribution is 7.17. The predicted octanol–water partition coefficient (Wildman–Crippen LogP) is 5.99. The Labute approximate surface area is 177 Å². The molecular formula is C25H28NO2S+. The first kappa shape index (κ1) is 19.8. The van der Waals surface area contributed by atoms with Crippen LogP contribution in [0.15, 0.2) is 54.9 Å². The molecule has 1 aliphatic rings. The number of aryl methyl sites for hydroxylation is 1. The first-order chi connectivity index (χ1) is 14.1. The van der Waals surface area contributed by atoms with E-state index in [0.717, 1.165) is 21.9 Å². The van der Waals surface area contributed by atoms with Crippen molar-refractivity contribution in [1.29, 1.82) is 0 Å². The molecule has 1 aliphatic carbocycles. The van der Waals surface area contributed by atoms with Crippen LogP contribution in [0.3, 0.4) is 0 Å². The highest BCUT2D eigenvalue weighted by Crippen LogP contribution is 2.43. The van der Waals surface area contributed by atoms with Crippen LogP contribution in [0.4, 0.5) is 0 Å². The molecule has 1 saturated carbocycles. The van der Waals surface area contributed by atoms with E-state index in [2.05, 4.69) is 55.2 Å². The second kappa shape index (κ2) is 8.50. The fraction of sp³-hybridized carbons (Fsp3) is 0.360. The minimum atomic E-state index is -0.261. The van der Waals surface area contributed by atoms with Crippen LogP contribution in [-0.2, 0) is 11.8 Å². The van der Waals surface area contributed by atoms with Gasteiger partial charge in [0, 0.05) is 22.1 Å². The zero-order valence-corrected chi connectivity index (χ0v) is 18.2. The number of benzene rings is 1. The topological polar surface area (TPSA) is 30.2 Å². The molecule has 4 rings (SSSR count). The number of thiophene rings is 1. The summed E-state index contributed by atoms with van der Waals surface area (Å²) in [6, 6.07) is 14.6. The van der Waals surface area contributed by atoms with Crippen LogP contribution in [0.5, 0.6) is 0 Å². The SMILES string of the molecule is COC(=O)c1sc(-c2ccccc2)cc1-c1cc[n+](C)cc1C1CCC(C)CC1. The number of hydrogen-bond acceptors (Lipinski definition) is 3. The molecule has 3 nitrogen and oxygen atoms in total. The van der Waals surface area contributed by atoms with Crippen molar-refractivity contribution < 1.29 is 14.1 Å². The molecule has 150 valence electrons. The molecule has 0 radical (unpaired) electrons. The van der Waals surface area contributed by atoms with Crippen LogP contribution >= 0.6 is 11.3 Å². The molecule has 0 amide bonds. The Morgan fingerprint density at radius 2 is 1.79 bits per heavy atom. The van der Waals surface area contributed by atoms with Gasteiger partial charge in [-0.1, -0.05) is 50.1 Å². The number of esters is 1. The summed E-state index contributed by atoms with van der Waals surface area (Å²) in [5.41, 5.74) is 4.64. The highest BCUT2D eigenvalue weighted by Gasteiger charge is 2.27. The van der Waals surface area contributed by atoms with Gasteiger partial charge in [0.2, 0.25) is 0 Å². The van der Waals surface area contributed by atoms with Crippen molar-refractivity contribution in [2.24, 2.45) is 13.0 Å². The Balaban J connectivity index is 1.84. The van der Waals surface area contributed by atoms with Gasteiger partial charge in [0.15, 0.2) is 12.4 Å².